The Kier molecular flexibility index (Phi) is 4.15. The van der Waals surface area contributed by atoms with Gasteiger partial charge in [0.1, 0.15) is 17.3 Å². The first kappa shape index (κ1) is 16.0. The van der Waals surface area contributed by atoms with Crippen molar-refractivity contribution in [2.75, 3.05) is 5.32 Å². The van der Waals surface area contributed by atoms with Crippen LogP contribution in [0, 0.1) is 5.82 Å². The smallest absolute Gasteiger partial charge is 0.196 e. The lowest BCUT2D eigenvalue weighted by molar-refractivity contribution is 0.104. The van der Waals surface area contributed by atoms with Crippen LogP contribution in [0.25, 0.3) is 11.0 Å². The second kappa shape index (κ2) is 6.76. The second-order valence-electron chi connectivity index (χ2n) is 5.84. The molecule has 0 atom stereocenters. The van der Waals surface area contributed by atoms with Gasteiger partial charge in [-0.05, 0) is 42.0 Å². The van der Waals surface area contributed by atoms with Gasteiger partial charge in [-0.15, -0.1) is 0 Å². The van der Waals surface area contributed by atoms with Gasteiger partial charge in [0.25, 0.3) is 0 Å². The lowest BCUT2D eigenvalue weighted by atomic mass is 10.1. The van der Waals surface area contributed by atoms with Crippen molar-refractivity contribution < 1.29 is 9.18 Å². The maximum atomic E-state index is 12.9. The molecule has 0 bridgehead atoms. The molecule has 4 aromatic rings. The highest BCUT2D eigenvalue weighted by Crippen LogP contribution is 2.19. The highest BCUT2D eigenvalue weighted by atomic mass is 19.1. The second-order valence-corrected chi connectivity index (χ2v) is 5.84. The average molecular weight is 346 g/mol. The van der Waals surface area contributed by atoms with Crippen molar-refractivity contribution in [3.05, 3.63) is 89.6 Å². The number of H-pyrrole nitrogens is 1. The maximum absolute atomic E-state index is 12.9. The SMILES string of the molecule is O=C(c1ccc(NCc2ccc(F)cc2)nc1)c1c[nH]c2ncccc12. The minimum absolute atomic E-state index is 0.109. The highest BCUT2D eigenvalue weighted by molar-refractivity contribution is 6.15. The molecule has 5 nitrogen and oxygen atoms in total. The van der Waals surface area contributed by atoms with Crippen molar-refractivity contribution in [3.63, 3.8) is 0 Å². The van der Waals surface area contributed by atoms with Crippen LogP contribution in [-0.2, 0) is 6.54 Å². The molecule has 0 fully saturated rings. The quantitative estimate of drug-likeness (QED) is 0.537. The third-order valence-corrected chi connectivity index (χ3v) is 4.11. The number of anilines is 1. The van der Waals surface area contributed by atoms with Gasteiger partial charge in [0.05, 0.1) is 0 Å². The van der Waals surface area contributed by atoms with Crippen LogP contribution in [-0.4, -0.2) is 20.7 Å². The minimum atomic E-state index is -0.262. The van der Waals surface area contributed by atoms with Crippen LogP contribution in [0.2, 0.25) is 0 Å². The van der Waals surface area contributed by atoms with E-state index in [1.807, 2.05) is 6.07 Å². The van der Waals surface area contributed by atoms with Crippen molar-refractivity contribution in [3.8, 4) is 0 Å². The maximum Gasteiger partial charge on any atom is 0.196 e. The number of fused-ring (bicyclic) bond motifs is 1. The lowest BCUT2D eigenvalue weighted by Crippen LogP contribution is -2.04. The van der Waals surface area contributed by atoms with Gasteiger partial charge in [0, 0.05) is 41.6 Å². The van der Waals surface area contributed by atoms with Crippen LogP contribution in [0.1, 0.15) is 21.5 Å². The Morgan fingerprint density at radius 1 is 1.08 bits per heavy atom. The van der Waals surface area contributed by atoms with E-state index in [2.05, 4.69) is 20.3 Å². The number of carbonyl (C=O) groups excluding carboxylic acids is 1. The lowest BCUT2D eigenvalue weighted by Gasteiger charge is -2.06. The molecule has 0 radical (unpaired) electrons. The topological polar surface area (TPSA) is 70.7 Å². The molecule has 0 aliphatic carbocycles. The number of aromatic nitrogens is 3. The number of nitrogens with zero attached hydrogens (tertiary/aromatic N) is 2. The molecular formula is C20H15FN4O. The first-order chi connectivity index (χ1) is 12.7. The summed E-state index contributed by atoms with van der Waals surface area (Å²) in [4.78, 5) is 24.2. The summed E-state index contributed by atoms with van der Waals surface area (Å²) in [5.74, 6) is 0.274. The molecule has 4 rings (SSSR count). The number of benzene rings is 1. The van der Waals surface area contributed by atoms with E-state index in [1.54, 1.807) is 48.9 Å². The van der Waals surface area contributed by atoms with Crippen molar-refractivity contribution in [2.24, 2.45) is 0 Å². The van der Waals surface area contributed by atoms with Crippen molar-refractivity contribution in [1.82, 2.24) is 15.0 Å². The Morgan fingerprint density at radius 3 is 2.69 bits per heavy atom. The largest absolute Gasteiger partial charge is 0.366 e. The summed E-state index contributed by atoms with van der Waals surface area (Å²) in [6.45, 7) is 0.523. The van der Waals surface area contributed by atoms with Gasteiger partial charge >= 0.3 is 0 Å². The molecule has 128 valence electrons. The fraction of sp³-hybridized carbons (Fsp3) is 0.0500. The number of rotatable bonds is 5. The monoisotopic (exact) mass is 346 g/mol. The van der Waals surface area contributed by atoms with Gasteiger partial charge < -0.3 is 10.3 Å². The van der Waals surface area contributed by atoms with Gasteiger partial charge in [-0.3, -0.25) is 4.79 Å². The standard InChI is InChI=1S/C20H15FN4O/c21-15-6-3-13(4-7-15)10-23-18-8-5-14(11-24-18)19(26)17-12-25-20-16(17)2-1-9-22-20/h1-9,11-12H,10H2,(H,22,25)(H,23,24). The highest BCUT2D eigenvalue weighted by Gasteiger charge is 2.14. The molecule has 26 heavy (non-hydrogen) atoms. The molecule has 0 saturated heterocycles. The van der Waals surface area contributed by atoms with E-state index in [-0.39, 0.29) is 11.6 Å². The normalized spacial score (nSPS) is 10.8. The van der Waals surface area contributed by atoms with Crippen LogP contribution in [0.15, 0.2) is 67.1 Å². The van der Waals surface area contributed by atoms with Crippen LogP contribution < -0.4 is 5.32 Å². The molecule has 2 N–H and O–H groups in total. The summed E-state index contributed by atoms with van der Waals surface area (Å²) >= 11 is 0. The van der Waals surface area contributed by atoms with E-state index < -0.39 is 0 Å². The summed E-state index contributed by atoms with van der Waals surface area (Å²) in [7, 11) is 0. The number of aromatic amines is 1. The molecule has 0 saturated carbocycles. The van der Waals surface area contributed by atoms with Gasteiger partial charge in [0.2, 0.25) is 0 Å². The number of hydrogen-bond donors (Lipinski definition) is 2. The Morgan fingerprint density at radius 2 is 1.92 bits per heavy atom. The fourth-order valence-corrected chi connectivity index (χ4v) is 2.73. The van der Waals surface area contributed by atoms with Crippen molar-refractivity contribution in [2.45, 2.75) is 6.54 Å². The molecule has 0 aliphatic rings. The summed E-state index contributed by atoms with van der Waals surface area (Å²) < 4.78 is 12.9. The van der Waals surface area contributed by atoms with E-state index in [0.717, 1.165) is 10.9 Å². The number of halogens is 1. The predicted molar refractivity (Wildman–Crippen MR) is 97.5 cm³/mol. The molecular weight excluding hydrogens is 331 g/mol. The van der Waals surface area contributed by atoms with E-state index in [0.29, 0.717) is 29.1 Å². The van der Waals surface area contributed by atoms with Crippen LogP contribution in [0.4, 0.5) is 10.2 Å². The zero-order chi connectivity index (χ0) is 17.9. The molecule has 3 aromatic heterocycles. The molecule has 0 amide bonds. The molecule has 0 aliphatic heterocycles. The molecule has 6 heteroatoms. The number of nitrogens with one attached hydrogen (secondary N) is 2. The Labute approximate surface area is 148 Å². The summed E-state index contributed by atoms with van der Waals surface area (Å²) in [6, 6.07) is 13.4. The average Bonchev–Trinajstić information content (AvgIpc) is 3.11. The molecule has 0 unspecified atom stereocenters. The van der Waals surface area contributed by atoms with Crippen molar-refractivity contribution >= 4 is 22.6 Å². The van der Waals surface area contributed by atoms with Gasteiger partial charge in [0.15, 0.2) is 5.78 Å². The van der Waals surface area contributed by atoms with E-state index >= 15 is 0 Å². The number of hydrogen-bond acceptors (Lipinski definition) is 4. The number of pyridine rings is 2. The Bertz CT molecular complexity index is 1060. The minimum Gasteiger partial charge on any atom is -0.366 e. The Hall–Kier alpha value is -3.54. The first-order valence-electron chi connectivity index (χ1n) is 8.12. The summed E-state index contributed by atoms with van der Waals surface area (Å²) in [6.07, 6.45) is 4.89. The fourth-order valence-electron chi connectivity index (χ4n) is 2.73. The van der Waals surface area contributed by atoms with Gasteiger partial charge in [-0.1, -0.05) is 12.1 Å². The third-order valence-electron chi connectivity index (χ3n) is 4.11. The number of ketones is 1. The van der Waals surface area contributed by atoms with Crippen LogP contribution >= 0.6 is 0 Å². The van der Waals surface area contributed by atoms with Gasteiger partial charge in [-0.25, -0.2) is 14.4 Å². The van der Waals surface area contributed by atoms with Crippen LogP contribution in [0.5, 0.6) is 0 Å². The predicted octanol–water partition coefficient (Wildman–Crippen LogP) is 3.94. The third kappa shape index (κ3) is 3.17. The molecule has 3 heterocycles. The number of carbonyl (C=O) groups is 1. The van der Waals surface area contributed by atoms with E-state index in [9.17, 15) is 9.18 Å². The summed E-state index contributed by atoms with van der Waals surface area (Å²) in [5, 5.41) is 3.94. The van der Waals surface area contributed by atoms with Gasteiger partial charge in [-0.2, -0.15) is 0 Å². The van der Waals surface area contributed by atoms with E-state index in [1.165, 1.54) is 12.1 Å². The zero-order valence-corrected chi connectivity index (χ0v) is 13.7. The van der Waals surface area contributed by atoms with Crippen molar-refractivity contribution in [1.29, 1.82) is 0 Å². The zero-order valence-electron chi connectivity index (χ0n) is 13.7. The van der Waals surface area contributed by atoms with E-state index in [4.69, 9.17) is 0 Å². The molecule has 1 aromatic carbocycles. The molecule has 0 spiro atoms. The summed E-state index contributed by atoms with van der Waals surface area (Å²) in [5.41, 5.74) is 2.70. The van der Waals surface area contributed by atoms with Crippen LogP contribution in [0.3, 0.4) is 0 Å². The first-order valence-corrected chi connectivity index (χ1v) is 8.12. The Balaban J connectivity index is 1.48.